The first-order valence-electron chi connectivity index (χ1n) is 39.1. The lowest BCUT2D eigenvalue weighted by molar-refractivity contribution is -0.172. The summed E-state index contributed by atoms with van der Waals surface area (Å²) in [6.07, 6.45) is -0.706. The molecule has 0 aromatic heterocycles. The summed E-state index contributed by atoms with van der Waals surface area (Å²) in [6, 6.07) is 0. The second kappa shape index (κ2) is 51.7. The van der Waals surface area contributed by atoms with Crippen LogP contribution >= 0.6 is 143 Å². The summed E-state index contributed by atoms with van der Waals surface area (Å²) in [7, 11) is 0. The molecule has 0 rings (SSSR count). The van der Waals surface area contributed by atoms with Crippen LogP contribution < -0.4 is 37.6 Å². The second-order valence-electron chi connectivity index (χ2n) is 36.1. The Morgan fingerprint density at radius 1 is 0.252 bits per heavy atom. The van der Waals surface area contributed by atoms with E-state index in [0.717, 1.165) is 0 Å². The molecule has 0 bridgehead atoms. The van der Waals surface area contributed by atoms with Crippen LogP contribution in [0.4, 0.5) is 0 Å². The van der Waals surface area contributed by atoms with E-state index in [2.05, 4.69) is 175 Å². The van der Waals surface area contributed by atoms with Gasteiger partial charge in [0.25, 0.3) is 0 Å². The Hall–Kier alpha value is -3.83. The van der Waals surface area contributed by atoms with Gasteiger partial charge in [0, 0.05) is 76.1 Å². The zero-order valence-corrected chi connectivity index (χ0v) is 88.8. The second-order valence-corrected chi connectivity index (χ2v) is 53.9. The molecule has 123 heavy (non-hydrogen) atoms. The molecule has 0 atom stereocenters. The molecule has 0 fully saturated rings. The zero-order valence-electron chi connectivity index (χ0n) is 74.5. The van der Waals surface area contributed by atoms with Crippen molar-refractivity contribution in [1.29, 1.82) is 0 Å². The molecule has 0 aromatic rings. The van der Waals surface area contributed by atoms with Gasteiger partial charge in [-0.2, -0.15) is 0 Å². The quantitative estimate of drug-likeness (QED) is 0.0170. The van der Waals surface area contributed by atoms with Gasteiger partial charge >= 0.3 is 53.7 Å². The highest BCUT2D eigenvalue weighted by Gasteiger charge is 2.46. The van der Waals surface area contributed by atoms with E-state index in [1.54, 1.807) is 27.7 Å². The number of nitrogens with two attached hydrogens (primary N) is 1. The number of carbonyl (C=O) groups is 15. The highest BCUT2D eigenvalue weighted by molar-refractivity contribution is 9.11. The summed E-state index contributed by atoms with van der Waals surface area (Å²) in [5.74, 6) is -10.7. The molecule has 0 radical (unpaired) electrons. The van der Waals surface area contributed by atoms with Crippen LogP contribution in [0.1, 0.15) is 184 Å². The average molecular weight is 2340 g/mol. The standard InChI is InChI=1S/C79H128Br9N7O28/c1-65(2,89)26-30-123-66(3,4)34-76(35-93-50(96)23-27-90-53(99)31-111-38-77(41-114-56(102)67(5,6)80,42-115-57(103)68(7,8)81)43-116-58(104)69(9,10)82,36-94-51(97)24-28-91-54(100)32-112-39-78(44-117-59(105)70(11,12)83,45-118-60(106)71(13,14)84)46-119-61(107)72(15,16)85)37-95-52(98)25-29-92-55(101)33-113-40-79(47-120-62(108)73(17,18)86,48-121-63(109)74(19,20)87)49-122-64(110)75(21,22)88/h23-49,89H2,1-22H3,(H,90,99)(H,91,100)(H,92,101)(H,93,96)(H,94,97)(H,95,98). The molecule has 0 spiro atoms. The summed E-state index contributed by atoms with van der Waals surface area (Å²) in [5.41, 5.74) is -1.56. The first-order chi connectivity index (χ1) is 55.5. The number of alkyl halides is 9. The molecular formula is C79H128Br9N7O28. The number of esters is 9. The number of rotatable bonds is 60. The largest absolute Gasteiger partial charge is 0.464 e. The van der Waals surface area contributed by atoms with Crippen LogP contribution in [-0.2, 0) is 133 Å². The third-order valence-electron chi connectivity index (χ3n) is 16.9. The maximum absolute atomic E-state index is 14.1. The number of ether oxygens (including phenoxy) is 13. The third-order valence-corrected chi connectivity index (χ3v) is 19.8. The van der Waals surface area contributed by atoms with E-state index in [1.807, 2.05) is 0 Å². The Bertz CT molecular complexity index is 2990. The Labute approximate surface area is 798 Å². The van der Waals surface area contributed by atoms with Crippen LogP contribution in [0.25, 0.3) is 0 Å². The smallest absolute Gasteiger partial charge is 0.322 e. The van der Waals surface area contributed by atoms with Gasteiger partial charge in [0.15, 0.2) is 0 Å². The number of amides is 6. The van der Waals surface area contributed by atoms with E-state index < -0.39 is 260 Å². The van der Waals surface area contributed by atoms with E-state index in [0.29, 0.717) is 6.42 Å². The average Bonchev–Trinajstić information content (AvgIpc) is 0.845. The summed E-state index contributed by atoms with van der Waals surface area (Å²) < 4.78 is 64.1. The molecule has 6 amide bonds. The summed E-state index contributed by atoms with van der Waals surface area (Å²) in [5, 5.41) is 16.4. The monoisotopic (exact) mass is 2330 g/mol. The minimum absolute atomic E-state index is 0.0137. The van der Waals surface area contributed by atoms with Crippen molar-refractivity contribution in [2.45, 2.75) is 234 Å². The first kappa shape index (κ1) is 119. The lowest BCUT2D eigenvalue weighted by Crippen LogP contribution is -2.55. The van der Waals surface area contributed by atoms with Crippen molar-refractivity contribution in [2.24, 2.45) is 27.4 Å². The minimum atomic E-state index is -1.58. The van der Waals surface area contributed by atoms with Gasteiger partial charge in [0.1, 0.15) is 118 Å². The third kappa shape index (κ3) is 52.0. The van der Waals surface area contributed by atoms with E-state index in [1.165, 1.54) is 125 Å². The highest BCUT2D eigenvalue weighted by atomic mass is 79.9. The molecule has 44 heteroatoms. The molecule has 710 valence electrons. The van der Waals surface area contributed by atoms with Crippen molar-refractivity contribution < 1.29 is 133 Å². The van der Waals surface area contributed by atoms with Crippen molar-refractivity contribution in [3.05, 3.63) is 0 Å². The van der Waals surface area contributed by atoms with Gasteiger partial charge in [-0.15, -0.1) is 0 Å². The van der Waals surface area contributed by atoms with Crippen molar-refractivity contribution in [3.8, 4) is 0 Å². The van der Waals surface area contributed by atoms with Gasteiger partial charge in [-0.1, -0.05) is 143 Å². The van der Waals surface area contributed by atoms with Crippen LogP contribution in [0.5, 0.6) is 0 Å². The van der Waals surface area contributed by atoms with Crippen LogP contribution in [0, 0.1) is 21.7 Å². The molecule has 35 nitrogen and oxygen atoms in total. The Morgan fingerprint density at radius 2 is 0.431 bits per heavy atom. The molecule has 0 aromatic carbocycles. The summed E-state index contributed by atoms with van der Waals surface area (Å²) in [6.45, 7) is 25.0. The normalized spacial score (nSPS) is 13.1. The number of carbonyl (C=O) groups excluding carboxylic acids is 15. The van der Waals surface area contributed by atoms with E-state index in [9.17, 15) is 71.9 Å². The molecule has 8 N–H and O–H groups in total. The Kier molecular flexibility index (Phi) is 50.1. The molecule has 0 aliphatic rings. The van der Waals surface area contributed by atoms with Crippen LogP contribution in [0.15, 0.2) is 0 Å². The fourth-order valence-corrected chi connectivity index (χ4v) is 10.5. The summed E-state index contributed by atoms with van der Waals surface area (Å²) >= 11 is 29.4. The molecule has 0 saturated heterocycles. The van der Waals surface area contributed by atoms with Crippen molar-refractivity contribution in [1.82, 2.24) is 31.9 Å². The summed E-state index contributed by atoms with van der Waals surface area (Å²) in [4.78, 5) is 201. The maximum atomic E-state index is 14.1. The minimum Gasteiger partial charge on any atom is -0.464 e. The molecule has 0 saturated carbocycles. The van der Waals surface area contributed by atoms with Gasteiger partial charge < -0.3 is 99.2 Å². The predicted molar refractivity (Wildman–Crippen MR) is 487 cm³/mol. The number of halogens is 9. The maximum Gasteiger partial charge on any atom is 0.322 e. The van der Waals surface area contributed by atoms with E-state index in [-0.39, 0.29) is 71.6 Å². The lowest BCUT2D eigenvalue weighted by atomic mass is 9.77. The fourth-order valence-electron chi connectivity index (χ4n) is 9.49. The number of hydrogen-bond acceptors (Lipinski definition) is 29. The molecule has 0 aliphatic heterocycles. The van der Waals surface area contributed by atoms with Gasteiger partial charge in [-0.25, -0.2) is 0 Å². The van der Waals surface area contributed by atoms with Gasteiger partial charge in [0.2, 0.25) is 35.4 Å². The Balaban J connectivity index is 7.50. The molecule has 0 heterocycles. The zero-order chi connectivity index (χ0) is 95.7. The highest BCUT2D eigenvalue weighted by Crippen LogP contribution is 2.35. The van der Waals surface area contributed by atoms with Crippen molar-refractivity contribution in [2.75, 3.05) is 145 Å². The molecule has 0 aliphatic carbocycles. The van der Waals surface area contributed by atoms with E-state index >= 15 is 0 Å². The van der Waals surface area contributed by atoms with Crippen molar-refractivity contribution >= 4 is 233 Å². The van der Waals surface area contributed by atoms with Crippen LogP contribution in [0.3, 0.4) is 0 Å². The van der Waals surface area contributed by atoms with E-state index in [4.69, 9.17) is 67.3 Å². The van der Waals surface area contributed by atoms with Gasteiger partial charge in [-0.3, -0.25) is 71.9 Å². The van der Waals surface area contributed by atoms with Crippen LogP contribution in [0.2, 0.25) is 0 Å². The van der Waals surface area contributed by atoms with Gasteiger partial charge in [0.05, 0.1) is 41.7 Å². The Morgan fingerprint density at radius 3 is 0.593 bits per heavy atom. The SMILES string of the molecule is CC(C)(N)CCOC(C)(C)CC(CNC(=O)CCNC(=O)COCC(COC(=O)C(C)(C)Br)(COC(=O)C(C)(C)Br)COC(=O)C(C)(C)Br)(CNC(=O)CCNC(=O)COCC(COC(=O)C(C)(C)Br)(COC(=O)C(C)(C)Br)COC(=O)C(C)(C)Br)CNC(=O)CCNC(=O)COCC(COC(=O)C(C)(C)Br)(COC(=O)C(C)(C)Br)COC(=O)C(C)(C)Br. The fraction of sp³-hybridized carbons (Fsp3) is 0.810. The lowest BCUT2D eigenvalue weighted by Gasteiger charge is -2.41. The molecule has 0 unspecified atom stereocenters. The topological polar surface area (TPSA) is 474 Å². The number of nitrogens with one attached hydrogen (secondary N) is 6. The molecular weight excluding hydrogens is 2210 g/mol. The number of hydrogen-bond donors (Lipinski definition) is 7. The predicted octanol–water partition coefficient (Wildman–Crippen LogP) is 8.61. The van der Waals surface area contributed by atoms with Crippen LogP contribution in [-0.4, -0.2) is 284 Å². The van der Waals surface area contributed by atoms with Gasteiger partial charge in [-0.05, 0) is 165 Å². The van der Waals surface area contributed by atoms with Crippen molar-refractivity contribution in [3.63, 3.8) is 0 Å². The first-order valence-corrected chi connectivity index (χ1v) is 46.2.